The summed E-state index contributed by atoms with van der Waals surface area (Å²) in [6.07, 6.45) is 5.81. The molecule has 0 saturated carbocycles. The number of nitrogens with one attached hydrogen (secondary N) is 1. The zero-order valence-corrected chi connectivity index (χ0v) is 27.8. The first-order chi connectivity index (χ1) is 18.0. The fourth-order valence-corrected chi connectivity index (χ4v) is 6.37. The van der Waals surface area contributed by atoms with Crippen molar-refractivity contribution in [3.05, 3.63) is 89.7 Å². The van der Waals surface area contributed by atoms with Gasteiger partial charge in [0.25, 0.3) is 5.91 Å². The summed E-state index contributed by atoms with van der Waals surface area (Å²) in [6, 6.07) is 18.5. The molecular weight excluding hydrogens is 535 g/mol. The molecule has 1 unspecified atom stereocenters. The molecule has 2 radical (unpaired) electrons. The van der Waals surface area contributed by atoms with E-state index in [-0.39, 0.29) is 35.0 Å². The molecule has 3 rings (SSSR count). The third-order valence-corrected chi connectivity index (χ3v) is 7.83. The second kappa shape index (κ2) is 14.6. The topological polar surface area (TPSA) is 88.5 Å². The van der Waals surface area contributed by atoms with E-state index in [4.69, 9.17) is 4.43 Å². The van der Waals surface area contributed by atoms with Crippen LogP contribution in [0.4, 0.5) is 0 Å². The molecule has 0 saturated heterocycles. The molecule has 6 nitrogen and oxygen atoms in total. The standard InChI is InChI=1S/C30H37N2O4SSi.Na/c1-29(2,3)30(36-38(5)6,22-14-17-31-18-15-22)23-12-13-24(25(20-23)21-10-8-7-9-11-21)27(33)32-26(28(34)35)16-19-37-4;/h7-15,17-18,20,26H,16,19H2,1-6H3,(H,32,33)(H,34,35);/t26-,30?;/m0./s1. The number of benzene rings is 2. The van der Waals surface area contributed by atoms with Crippen molar-refractivity contribution < 1.29 is 19.1 Å². The molecule has 1 amide bonds. The molecule has 202 valence electrons. The Balaban J connectivity index is 0.00000533. The number of hydrogen-bond acceptors (Lipinski definition) is 5. The Hall–Kier alpha value is -1.94. The normalized spacial score (nSPS) is 13.7. The number of carbonyl (C=O) groups excluding carboxylic acids is 1. The molecule has 0 aliphatic rings. The average Bonchev–Trinajstić information content (AvgIpc) is 2.89. The van der Waals surface area contributed by atoms with Crippen molar-refractivity contribution >= 4 is 62.2 Å². The number of hydrogen-bond donors (Lipinski definition) is 2. The summed E-state index contributed by atoms with van der Waals surface area (Å²) in [5, 5.41) is 12.4. The van der Waals surface area contributed by atoms with Crippen molar-refractivity contribution in [2.45, 2.75) is 51.9 Å². The van der Waals surface area contributed by atoms with E-state index in [1.807, 2.05) is 60.9 Å². The number of amides is 1. The van der Waals surface area contributed by atoms with E-state index in [1.165, 1.54) is 0 Å². The van der Waals surface area contributed by atoms with Gasteiger partial charge in [-0.2, -0.15) is 11.8 Å². The summed E-state index contributed by atoms with van der Waals surface area (Å²) in [6.45, 7) is 10.7. The number of carboxylic acids is 1. The van der Waals surface area contributed by atoms with Gasteiger partial charge in [0.05, 0.1) is 0 Å². The number of aromatic nitrogens is 1. The summed E-state index contributed by atoms with van der Waals surface area (Å²) >= 11 is 1.55. The van der Waals surface area contributed by atoms with E-state index >= 15 is 0 Å². The number of rotatable bonds is 11. The molecule has 0 fully saturated rings. The van der Waals surface area contributed by atoms with Gasteiger partial charge in [-0.15, -0.1) is 0 Å². The van der Waals surface area contributed by atoms with Gasteiger partial charge in [0.2, 0.25) is 9.04 Å². The average molecular weight is 573 g/mol. The first kappa shape index (κ1) is 33.3. The number of thioether (sulfide) groups is 1. The molecule has 1 aromatic heterocycles. The van der Waals surface area contributed by atoms with E-state index < -0.39 is 32.6 Å². The van der Waals surface area contributed by atoms with Crippen molar-refractivity contribution in [2.75, 3.05) is 12.0 Å². The van der Waals surface area contributed by atoms with E-state index in [1.54, 1.807) is 30.2 Å². The van der Waals surface area contributed by atoms with Crippen LogP contribution >= 0.6 is 11.8 Å². The minimum atomic E-state index is -1.17. The van der Waals surface area contributed by atoms with Gasteiger partial charge < -0.3 is 14.8 Å². The Labute approximate surface area is 260 Å². The quantitative estimate of drug-likeness (QED) is 0.280. The van der Waals surface area contributed by atoms with Gasteiger partial charge in [0.15, 0.2) is 0 Å². The molecule has 2 atom stereocenters. The van der Waals surface area contributed by atoms with Crippen LogP contribution in [0.5, 0.6) is 0 Å². The SMILES string of the molecule is CSCC[C@H](NC(=O)c1ccc(C(O[Si](C)C)(c2ccncc2)C(C)(C)C)cc1-c1ccccc1)C(=O)O.[Na]. The van der Waals surface area contributed by atoms with Crippen LogP contribution in [0.1, 0.15) is 48.7 Å². The maximum atomic E-state index is 13.5. The Kier molecular flexibility index (Phi) is 12.5. The van der Waals surface area contributed by atoms with Crippen LogP contribution in [0.3, 0.4) is 0 Å². The smallest absolute Gasteiger partial charge is 0.326 e. The van der Waals surface area contributed by atoms with Crippen molar-refractivity contribution in [1.82, 2.24) is 10.3 Å². The summed E-state index contributed by atoms with van der Waals surface area (Å²) in [5.41, 5.74) is 2.79. The number of pyridine rings is 1. The van der Waals surface area contributed by atoms with Crippen LogP contribution in [0, 0.1) is 5.41 Å². The van der Waals surface area contributed by atoms with Crippen molar-refractivity contribution in [2.24, 2.45) is 5.41 Å². The first-order valence-corrected chi connectivity index (χ1v) is 16.4. The predicted molar refractivity (Wildman–Crippen MR) is 163 cm³/mol. The maximum Gasteiger partial charge on any atom is 0.326 e. The van der Waals surface area contributed by atoms with Crippen LogP contribution in [0.15, 0.2) is 73.1 Å². The fraction of sp³-hybridized carbons (Fsp3) is 0.367. The molecule has 0 bridgehead atoms. The summed E-state index contributed by atoms with van der Waals surface area (Å²) in [4.78, 5) is 29.6. The molecular formula is C30H37N2NaO4SSi. The third kappa shape index (κ3) is 7.84. The van der Waals surface area contributed by atoms with Gasteiger partial charge in [-0.1, -0.05) is 57.2 Å². The molecule has 39 heavy (non-hydrogen) atoms. The monoisotopic (exact) mass is 572 g/mol. The third-order valence-electron chi connectivity index (χ3n) is 6.47. The van der Waals surface area contributed by atoms with Crippen molar-refractivity contribution in [3.63, 3.8) is 0 Å². The van der Waals surface area contributed by atoms with E-state index in [2.05, 4.69) is 44.2 Å². The Morgan fingerprint density at radius 2 is 1.67 bits per heavy atom. The van der Waals surface area contributed by atoms with Gasteiger partial charge in [-0.3, -0.25) is 9.78 Å². The number of nitrogens with zero attached hydrogens (tertiary/aromatic N) is 1. The zero-order chi connectivity index (χ0) is 27.9. The van der Waals surface area contributed by atoms with Crippen molar-refractivity contribution in [3.8, 4) is 11.1 Å². The second-order valence-corrected chi connectivity index (χ2v) is 13.5. The van der Waals surface area contributed by atoms with Crippen LogP contribution in [0.25, 0.3) is 11.1 Å². The fourth-order valence-electron chi connectivity index (χ4n) is 4.74. The Bertz CT molecular complexity index is 1240. The molecule has 9 heteroatoms. The van der Waals surface area contributed by atoms with Crippen LogP contribution in [-0.2, 0) is 14.8 Å². The van der Waals surface area contributed by atoms with Crippen LogP contribution < -0.4 is 5.32 Å². The van der Waals surface area contributed by atoms with Crippen LogP contribution in [-0.4, -0.2) is 78.6 Å². The van der Waals surface area contributed by atoms with Gasteiger partial charge >= 0.3 is 5.97 Å². The Morgan fingerprint density at radius 1 is 1.03 bits per heavy atom. The predicted octanol–water partition coefficient (Wildman–Crippen LogP) is 5.86. The molecule has 1 heterocycles. The number of carbonyl (C=O) groups is 2. The van der Waals surface area contributed by atoms with Gasteiger partial charge in [-0.05, 0) is 83.5 Å². The molecule has 0 spiro atoms. The maximum absolute atomic E-state index is 13.5. The summed E-state index contributed by atoms with van der Waals surface area (Å²) < 4.78 is 6.90. The second-order valence-electron chi connectivity index (χ2n) is 10.4. The number of carboxylic acid groups (broad SMARTS) is 1. The largest absolute Gasteiger partial charge is 0.480 e. The first-order valence-electron chi connectivity index (χ1n) is 12.6. The van der Waals surface area contributed by atoms with E-state index in [9.17, 15) is 14.7 Å². The molecule has 0 aliphatic heterocycles. The summed E-state index contributed by atoms with van der Waals surface area (Å²) in [7, 11) is -1.17. The van der Waals surface area contributed by atoms with E-state index in [0.717, 1.165) is 22.3 Å². The van der Waals surface area contributed by atoms with Crippen LogP contribution in [0.2, 0.25) is 13.1 Å². The Morgan fingerprint density at radius 3 is 2.21 bits per heavy atom. The minimum absolute atomic E-state index is 0. The van der Waals surface area contributed by atoms with Gasteiger partial charge in [0.1, 0.15) is 11.6 Å². The van der Waals surface area contributed by atoms with Gasteiger partial charge in [0, 0.05) is 47.5 Å². The molecule has 2 N–H and O–H groups in total. The minimum Gasteiger partial charge on any atom is -0.480 e. The zero-order valence-electron chi connectivity index (χ0n) is 23.9. The number of aliphatic carboxylic acids is 1. The summed E-state index contributed by atoms with van der Waals surface area (Å²) in [5.74, 6) is -0.813. The molecule has 3 aromatic rings. The molecule has 0 aliphatic carbocycles. The molecule has 2 aromatic carbocycles. The van der Waals surface area contributed by atoms with Gasteiger partial charge in [-0.25, -0.2) is 4.79 Å². The van der Waals surface area contributed by atoms with E-state index in [0.29, 0.717) is 17.7 Å². The van der Waals surface area contributed by atoms with Crippen molar-refractivity contribution in [1.29, 1.82) is 0 Å².